The van der Waals surface area contributed by atoms with E-state index in [1.165, 1.54) is 18.4 Å². The molecule has 3 aromatic rings. The van der Waals surface area contributed by atoms with Crippen molar-refractivity contribution in [1.82, 2.24) is 14.3 Å². The molecule has 9 heteroatoms. The van der Waals surface area contributed by atoms with Gasteiger partial charge in [-0.15, -0.1) is 0 Å². The maximum absolute atomic E-state index is 13.6. The molecule has 1 unspecified atom stereocenters. The minimum Gasteiger partial charge on any atom is -0.466 e. The van der Waals surface area contributed by atoms with Gasteiger partial charge in [-0.3, -0.25) is 14.0 Å². The van der Waals surface area contributed by atoms with Gasteiger partial charge in [0, 0.05) is 31.5 Å². The lowest BCUT2D eigenvalue weighted by Crippen LogP contribution is -2.39. The number of carbonyl (C=O) groups is 1. The second kappa shape index (κ2) is 9.80. The van der Waals surface area contributed by atoms with Gasteiger partial charge in [0.05, 0.1) is 34.6 Å². The summed E-state index contributed by atoms with van der Waals surface area (Å²) in [6, 6.07) is 9.25. The molecule has 0 fully saturated rings. The summed E-state index contributed by atoms with van der Waals surface area (Å²) in [7, 11) is 1.35. The molecule has 1 aliphatic rings. The van der Waals surface area contributed by atoms with E-state index in [1.807, 2.05) is 48.1 Å². The molecule has 0 aliphatic carbocycles. The lowest BCUT2D eigenvalue weighted by molar-refractivity contribution is -0.136. The molecule has 8 nitrogen and oxygen atoms in total. The number of esters is 1. The standard InChI is InChI=1S/C25H29N5O3S/c1-6-28(7-2)19-11-9-17(10-12-19)22-21(24(32)33-5)16(4)26-25-30(22)23(31)20(34-25)15-18-13-14-29(8-3)27-18/h9-15,22H,6-8H2,1-5H3/b20-15+. The van der Waals surface area contributed by atoms with Gasteiger partial charge in [0.15, 0.2) is 4.80 Å². The summed E-state index contributed by atoms with van der Waals surface area (Å²) in [5.41, 5.74) is 3.33. The number of hydrogen-bond donors (Lipinski definition) is 0. The number of hydrogen-bond acceptors (Lipinski definition) is 7. The Morgan fingerprint density at radius 1 is 1.18 bits per heavy atom. The Morgan fingerprint density at radius 2 is 1.88 bits per heavy atom. The van der Waals surface area contributed by atoms with Gasteiger partial charge >= 0.3 is 5.97 Å². The van der Waals surface area contributed by atoms with Crippen LogP contribution in [0, 0.1) is 0 Å². The van der Waals surface area contributed by atoms with E-state index < -0.39 is 12.0 Å². The number of thiazole rings is 1. The van der Waals surface area contributed by atoms with E-state index in [2.05, 4.69) is 28.8 Å². The second-order valence-electron chi connectivity index (χ2n) is 7.93. The number of ether oxygens (including phenoxy) is 1. The third kappa shape index (κ3) is 4.23. The fourth-order valence-corrected chi connectivity index (χ4v) is 5.26. The highest BCUT2D eigenvalue weighted by atomic mass is 32.1. The minimum absolute atomic E-state index is 0.207. The Morgan fingerprint density at radius 3 is 2.47 bits per heavy atom. The average Bonchev–Trinajstić information content (AvgIpc) is 3.43. The Bertz CT molecular complexity index is 1410. The molecule has 0 saturated heterocycles. The number of aromatic nitrogens is 3. The van der Waals surface area contributed by atoms with Crippen LogP contribution in [0.25, 0.3) is 6.08 Å². The van der Waals surface area contributed by atoms with Crippen LogP contribution in [-0.4, -0.2) is 40.5 Å². The summed E-state index contributed by atoms with van der Waals surface area (Å²) in [4.78, 5) is 33.8. The number of anilines is 1. The molecule has 0 amide bonds. The summed E-state index contributed by atoms with van der Waals surface area (Å²) in [5, 5.41) is 4.46. The molecule has 0 bridgehead atoms. The molecule has 0 spiro atoms. The van der Waals surface area contributed by atoms with E-state index in [4.69, 9.17) is 4.74 Å². The number of aryl methyl sites for hydroxylation is 1. The number of methoxy groups -OCH3 is 1. The zero-order valence-electron chi connectivity index (χ0n) is 20.1. The van der Waals surface area contributed by atoms with Crippen LogP contribution < -0.4 is 19.8 Å². The van der Waals surface area contributed by atoms with Crippen molar-refractivity contribution < 1.29 is 9.53 Å². The number of benzene rings is 1. The molecule has 1 atom stereocenters. The van der Waals surface area contributed by atoms with Gasteiger partial charge < -0.3 is 9.64 Å². The smallest absolute Gasteiger partial charge is 0.338 e. The molecule has 4 rings (SSSR count). The summed E-state index contributed by atoms with van der Waals surface area (Å²) >= 11 is 1.30. The summed E-state index contributed by atoms with van der Waals surface area (Å²) < 4.78 is 9.01. The van der Waals surface area contributed by atoms with Crippen molar-refractivity contribution in [2.45, 2.75) is 40.3 Å². The molecule has 0 N–H and O–H groups in total. The van der Waals surface area contributed by atoms with Crippen molar-refractivity contribution in [3.05, 3.63) is 78.7 Å². The van der Waals surface area contributed by atoms with Crippen molar-refractivity contribution in [2.75, 3.05) is 25.1 Å². The predicted octanol–water partition coefficient (Wildman–Crippen LogP) is 2.47. The minimum atomic E-state index is -0.621. The first kappa shape index (κ1) is 23.7. The van der Waals surface area contributed by atoms with Gasteiger partial charge in [-0.05, 0) is 57.5 Å². The first-order valence-corrected chi connectivity index (χ1v) is 12.2. The normalized spacial score (nSPS) is 15.8. The SMILES string of the molecule is CCN(CC)c1ccc(C2C(C(=O)OC)=C(C)N=c3s/c(=C/c4ccn(CC)n4)c(=O)n32)cc1. The van der Waals surface area contributed by atoms with E-state index in [0.717, 1.165) is 30.9 Å². The molecule has 2 aromatic heterocycles. The Labute approximate surface area is 202 Å². The summed E-state index contributed by atoms with van der Waals surface area (Å²) in [5.74, 6) is -0.491. The number of nitrogens with zero attached hydrogens (tertiary/aromatic N) is 5. The van der Waals surface area contributed by atoms with Crippen LogP contribution in [0.5, 0.6) is 0 Å². The lowest BCUT2D eigenvalue weighted by Gasteiger charge is -2.26. The van der Waals surface area contributed by atoms with E-state index in [9.17, 15) is 9.59 Å². The molecular formula is C25H29N5O3S. The number of fused-ring (bicyclic) bond motifs is 1. The van der Waals surface area contributed by atoms with Crippen molar-refractivity contribution >= 4 is 29.1 Å². The lowest BCUT2D eigenvalue weighted by atomic mass is 9.95. The molecule has 0 radical (unpaired) electrons. The summed E-state index contributed by atoms with van der Waals surface area (Å²) in [6.45, 7) is 10.6. The van der Waals surface area contributed by atoms with E-state index in [-0.39, 0.29) is 5.56 Å². The molecule has 3 heterocycles. The molecule has 0 saturated carbocycles. The Hall–Kier alpha value is -3.46. The quantitative estimate of drug-likeness (QED) is 0.487. The third-order valence-corrected chi connectivity index (χ3v) is 7.01. The van der Waals surface area contributed by atoms with Gasteiger partial charge in [0.2, 0.25) is 0 Å². The van der Waals surface area contributed by atoms with Crippen LogP contribution in [0.4, 0.5) is 5.69 Å². The van der Waals surface area contributed by atoms with Crippen LogP contribution in [0.3, 0.4) is 0 Å². The van der Waals surface area contributed by atoms with E-state index in [0.29, 0.717) is 26.3 Å². The number of carbonyl (C=O) groups excluding carboxylic acids is 1. The first-order valence-electron chi connectivity index (χ1n) is 11.4. The fraction of sp³-hybridized carbons (Fsp3) is 0.360. The van der Waals surface area contributed by atoms with Crippen LogP contribution in [0.15, 0.2) is 57.6 Å². The molecule has 178 valence electrons. The van der Waals surface area contributed by atoms with Crippen LogP contribution in [0.2, 0.25) is 0 Å². The highest BCUT2D eigenvalue weighted by molar-refractivity contribution is 7.07. The van der Waals surface area contributed by atoms with Crippen molar-refractivity contribution in [3.8, 4) is 0 Å². The van der Waals surface area contributed by atoms with Crippen LogP contribution in [0.1, 0.15) is 45.0 Å². The average molecular weight is 480 g/mol. The highest BCUT2D eigenvalue weighted by Crippen LogP contribution is 2.31. The second-order valence-corrected chi connectivity index (χ2v) is 8.94. The third-order valence-electron chi connectivity index (χ3n) is 6.03. The zero-order valence-corrected chi connectivity index (χ0v) is 20.9. The number of allylic oxidation sites excluding steroid dienone is 1. The largest absolute Gasteiger partial charge is 0.466 e. The van der Waals surface area contributed by atoms with Crippen molar-refractivity contribution in [2.24, 2.45) is 4.99 Å². The summed E-state index contributed by atoms with van der Waals surface area (Å²) in [6.07, 6.45) is 3.65. The van der Waals surface area contributed by atoms with E-state index >= 15 is 0 Å². The zero-order chi connectivity index (χ0) is 24.4. The highest BCUT2D eigenvalue weighted by Gasteiger charge is 2.33. The van der Waals surface area contributed by atoms with Crippen LogP contribution >= 0.6 is 11.3 Å². The fourth-order valence-electron chi connectivity index (χ4n) is 4.23. The van der Waals surface area contributed by atoms with Gasteiger partial charge in [-0.2, -0.15) is 5.10 Å². The van der Waals surface area contributed by atoms with Crippen LogP contribution in [-0.2, 0) is 16.1 Å². The van der Waals surface area contributed by atoms with Gasteiger partial charge in [-0.25, -0.2) is 9.79 Å². The topological polar surface area (TPSA) is 81.7 Å². The molecule has 34 heavy (non-hydrogen) atoms. The molecule has 1 aliphatic heterocycles. The monoisotopic (exact) mass is 479 g/mol. The van der Waals surface area contributed by atoms with Crippen molar-refractivity contribution in [1.29, 1.82) is 0 Å². The first-order chi connectivity index (χ1) is 16.4. The Balaban J connectivity index is 1.89. The Kier molecular flexibility index (Phi) is 6.83. The maximum Gasteiger partial charge on any atom is 0.338 e. The molecular weight excluding hydrogens is 450 g/mol. The predicted molar refractivity (Wildman–Crippen MR) is 134 cm³/mol. The molecule has 1 aromatic carbocycles. The van der Waals surface area contributed by atoms with Gasteiger partial charge in [0.1, 0.15) is 0 Å². The number of rotatable bonds is 7. The van der Waals surface area contributed by atoms with Gasteiger partial charge in [-0.1, -0.05) is 23.5 Å². The van der Waals surface area contributed by atoms with Crippen molar-refractivity contribution in [3.63, 3.8) is 0 Å². The van der Waals surface area contributed by atoms with E-state index in [1.54, 1.807) is 17.6 Å². The van der Waals surface area contributed by atoms with Gasteiger partial charge in [0.25, 0.3) is 5.56 Å². The maximum atomic E-state index is 13.6.